The molecule has 0 fully saturated rings. The summed E-state index contributed by atoms with van der Waals surface area (Å²) in [6.45, 7) is 3.31. The number of halogens is 2. The second kappa shape index (κ2) is 7.04. The second-order valence-electron chi connectivity index (χ2n) is 6.96. The minimum absolute atomic E-state index is 0.237. The van der Waals surface area contributed by atoms with Gasteiger partial charge in [-0.05, 0) is 43.7 Å². The normalized spacial score (nSPS) is 18.1. The summed E-state index contributed by atoms with van der Waals surface area (Å²) in [5.41, 5.74) is 0.651. The van der Waals surface area contributed by atoms with E-state index in [9.17, 15) is 18.4 Å². The van der Waals surface area contributed by atoms with Crippen molar-refractivity contribution in [2.45, 2.75) is 25.9 Å². The molecule has 5 nitrogen and oxygen atoms in total. The van der Waals surface area contributed by atoms with Crippen molar-refractivity contribution < 1.29 is 23.1 Å². The molecular formula is C21H16F2N2O3S. The molecule has 0 saturated heterocycles. The Kier molecular flexibility index (Phi) is 4.66. The molecule has 148 valence electrons. The zero-order valence-electron chi connectivity index (χ0n) is 15.6. The summed E-state index contributed by atoms with van der Waals surface area (Å²) < 4.78 is 32.2. The van der Waals surface area contributed by atoms with Gasteiger partial charge in [0.25, 0.3) is 5.91 Å². The predicted molar refractivity (Wildman–Crippen MR) is 105 cm³/mol. The van der Waals surface area contributed by atoms with Crippen LogP contribution in [0.2, 0.25) is 0 Å². The van der Waals surface area contributed by atoms with Crippen molar-refractivity contribution in [1.29, 1.82) is 0 Å². The Morgan fingerprint density at radius 3 is 2.72 bits per heavy atom. The first-order valence-corrected chi connectivity index (χ1v) is 9.64. The van der Waals surface area contributed by atoms with Gasteiger partial charge in [-0.3, -0.25) is 10.1 Å². The number of anilines is 1. The van der Waals surface area contributed by atoms with Crippen LogP contribution in [0.4, 0.5) is 13.9 Å². The van der Waals surface area contributed by atoms with E-state index in [1.807, 2.05) is 0 Å². The van der Waals surface area contributed by atoms with Crippen LogP contribution in [-0.2, 0) is 16.0 Å². The highest BCUT2D eigenvalue weighted by atomic mass is 32.1. The van der Waals surface area contributed by atoms with E-state index in [4.69, 9.17) is 4.74 Å². The quantitative estimate of drug-likeness (QED) is 0.641. The molecular weight excluding hydrogens is 398 g/mol. The topological polar surface area (TPSA) is 68.3 Å². The van der Waals surface area contributed by atoms with E-state index in [1.54, 1.807) is 38.1 Å². The molecule has 0 saturated carbocycles. The van der Waals surface area contributed by atoms with Crippen molar-refractivity contribution in [3.8, 4) is 11.3 Å². The first-order chi connectivity index (χ1) is 13.8. The number of thiazole rings is 1. The Hall–Kier alpha value is -3.13. The molecule has 3 aromatic rings. The van der Waals surface area contributed by atoms with Gasteiger partial charge in [-0.1, -0.05) is 18.2 Å². The minimum Gasteiger partial charge on any atom is -0.445 e. The molecule has 1 aliphatic rings. The number of benzene rings is 2. The van der Waals surface area contributed by atoms with Crippen LogP contribution in [-0.4, -0.2) is 22.5 Å². The molecule has 8 heteroatoms. The summed E-state index contributed by atoms with van der Waals surface area (Å²) in [5, 5.41) is 2.96. The standard InChI is InChI=1S/C21H16F2N2O3S/c1-11-17(12-7-8-15(22)16(23)9-12)24-20(29-11)25-19(27)21(2)10-13-5-3-4-6-14(13)18(26)28-21/h3-9H,10H2,1-2H3,(H,24,25,27). The number of nitrogens with one attached hydrogen (secondary N) is 1. The molecule has 2 aromatic carbocycles. The largest absolute Gasteiger partial charge is 0.445 e. The Morgan fingerprint density at radius 2 is 1.97 bits per heavy atom. The Balaban J connectivity index is 1.58. The smallest absolute Gasteiger partial charge is 0.339 e. The number of rotatable bonds is 3. The summed E-state index contributed by atoms with van der Waals surface area (Å²) in [6, 6.07) is 10.5. The van der Waals surface area contributed by atoms with E-state index in [-0.39, 0.29) is 11.6 Å². The van der Waals surface area contributed by atoms with E-state index in [0.717, 1.165) is 22.6 Å². The third-order valence-electron chi connectivity index (χ3n) is 4.77. The average molecular weight is 414 g/mol. The van der Waals surface area contributed by atoms with Crippen LogP contribution in [0.25, 0.3) is 11.3 Å². The van der Waals surface area contributed by atoms with Gasteiger partial charge in [0.15, 0.2) is 22.4 Å². The first kappa shape index (κ1) is 19.2. The van der Waals surface area contributed by atoms with Gasteiger partial charge in [0.2, 0.25) is 0 Å². The van der Waals surface area contributed by atoms with Crippen LogP contribution in [0.1, 0.15) is 27.7 Å². The Morgan fingerprint density at radius 1 is 1.21 bits per heavy atom. The van der Waals surface area contributed by atoms with Crippen LogP contribution in [0, 0.1) is 18.6 Å². The van der Waals surface area contributed by atoms with E-state index >= 15 is 0 Å². The van der Waals surface area contributed by atoms with Gasteiger partial charge in [-0.15, -0.1) is 11.3 Å². The van der Waals surface area contributed by atoms with Crippen molar-refractivity contribution in [2.24, 2.45) is 0 Å². The second-order valence-corrected chi connectivity index (χ2v) is 8.16. The fourth-order valence-electron chi connectivity index (χ4n) is 3.25. The van der Waals surface area contributed by atoms with Gasteiger partial charge in [-0.25, -0.2) is 18.6 Å². The van der Waals surface area contributed by atoms with Crippen LogP contribution in [0.15, 0.2) is 42.5 Å². The summed E-state index contributed by atoms with van der Waals surface area (Å²) in [6.07, 6.45) is 0.237. The molecule has 1 amide bonds. The van der Waals surface area contributed by atoms with Crippen LogP contribution < -0.4 is 5.32 Å². The summed E-state index contributed by atoms with van der Waals surface area (Å²) >= 11 is 1.20. The van der Waals surface area contributed by atoms with Gasteiger partial charge >= 0.3 is 5.97 Å². The molecule has 2 heterocycles. The van der Waals surface area contributed by atoms with Crippen molar-refractivity contribution in [3.05, 3.63) is 70.1 Å². The van der Waals surface area contributed by atoms with Crippen LogP contribution in [0.3, 0.4) is 0 Å². The summed E-state index contributed by atoms with van der Waals surface area (Å²) in [5.74, 6) is -2.98. The van der Waals surface area contributed by atoms with Crippen LogP contribution in [0.5, 0.6) is 0 Å². The lowest BCUT2D eigenvalue weighted by atomic mass is 9.89. The maximum absolute atomic E-state index is 13.5. The minimum atomic E-state index is -1.38. The highest BCUT2D eigenvalue weighted by molar-refractivity contribution is 7.16. The number of aryl methyl sites for hydroxylation is 1. The van der Waals surface area contributed by atoms with E-state index < -0.39 is 29.1 Å². The van der Waals surface area contributed by atoms with E-state index in [0.29, 0.717) is 16.8 Å². The van der Waals surface area contributed by atoms with Crippen molar-refractivity contribution in [3.63, 3.8) is 0 Å². The fourth-order valence-corrected chi connectivity index (χ4v) is 4.08. The van der Waals surface area contributed by atoms with Gasteiger partial charge in [0, 0.05) is 16.9 Å². The van der Waals surface area contributed by atoms with Gasteiger partial charge in [0.05, 0.1) is 11.3 Å². The lowest BCUT2D eigenvalue weighted by Crippen LogP contribution is -2.48. The highest BCUT2D eigenvalue weighted by Crippen LogP contribution is 2.33. The molecule has 4 rings (SSSR count). The summed E-state index contributed by atoms with van der Waals surface area (Å²) in [7, 11) is 0. The molecule has 0 bridgehead atoms. The zero-order valence-corrected chi connectivity index (χ0v) is 16.4. The maximum Gasteiger partial charge on any atom is 0.339 e. The number of carbonyl (C=O) groups excluding carboxylic acids is 2. The lowest BCUT2D eigenvalue weighted by molar-refractivity contribution is -0.134. The molecule has 29 heavy (non-hydrogen) atoms. The molecule has 0 aliphatic carbocycles. The van der Waals surface area contributed by atoms with Crippen LogP contribution >= 0.6 is 11.3 Å². The Labute approximate surface area is 169 Å². The zero-order chi connectivity index (χ0) is 20.8. The van der Waals surface area contributed by atoms with E-state index in [1.165, 1.54) is 17.4 Å². The molecule has 1 unspecified atom stereocenters. The number of aromatic nitrogens is 1. The fraction of sp³-hybridized carbons (Fsp3) is 0.190. The third kappa shape index (κ3) is 3.51. The van der Waals surface area contributed by atoms with Gasteiger partial charge in [0.1, 0.15) is 0 Å². The van der Waals surface area contributed by atoms with E-state index in [2.05, 4.69) is 10.3 Å². The number of fused-ring (bicyclic) bond motifs is 1. The molecule has 1 atom stereocenters. The van der Waals surface area contributed by atoms with Gasteiger partial charge in [-0.2, -0.15) is 0 Å². The molecule has 1 N–H and O–H groups in total. The monoisotopic (exact) mass is 414 g/mol. The number of amides is 1. The summed E-state index contributed by atoms with van der Waals surface area (Å²) in [4.78, 5) is 30.2. The number of ether oxygens (including phenoxy) is 1. The number of hydrogen-bond donors (Lipinski definition) is 1. The predicted octanol–water partition coefficient (Wildman–Crippen LogP) is 4.51. The Bertz CT molecular complexity index is 1140. The molecule has 0 spiro atoms. The van der Waals surface area contributed by atoms with Crippen molar-refractivity contribution in [1.82, 2.24) is 4.98 Å². The first-order valence-electron chi connectivity index (χ1n) is 8.82. The number of nitrogens with zero attached hydrogens (tertiary/aromatic N) is 1. The highest BCUT2D eigenvalue weighted by Gasteiger charge is 2.43. The number of carbonyl (C=O) groups is 2. The molecule has 0 radical (unpaired) electrons. The molecule has 1 aromatic heterocycles. The number of hydrogen-bond acceptors (Lipinski definition) is 5. The number of cyclic esters (lactones) is 1. The van der Waals surface area contributed by atoms with Crippen molar-refractivity contribution >= 4 is 28.3 Å². The maximum atomic E-state index is 13.5. The van der Waals surface area contributed by atoms with Crippen molar-refractivity contribution in [2.75, 3.05) is 5.32 Å². The SMILES string of the molecule is Cc1sc(NC(=O)C2(C)Cc3ccccc3C(=O)O2)nc1-c1ccc(F)c(F)c1. The molecule has 1 aliphatic heterocycles. The third-order valence-corrected chi connectivity index (χ3v) is 5.66. The average Bonchev–Trinajstić information content (AvgIpc) is 3.04. The lowest BCUT2D eigenvalue weighted by Gasteiger charge is -2.32. The van der Waals surface area contributed by atoms with Gasteiger partial charge < -0.3 is 4.74 Å². The number of esters is 1.